The van der Waals surface area contributed by atoms with Crippen molar-refractivity contribution in [3.63, 3.8) is 0 Å². The van der Waals surface area contributed by atoms with Crippen LogP contribution >= 0.6 is 34.4 Å². The number of anilines is 1. The van der Waals surface area contributed by atoms with Crippen molar-refractivity contribution in [3.05, 3.63) is 29.3 Å². The van der Waals surface area contributed by atoms with Gasteiger partial charge in [0.15, 0.2) is 9.35 Å². The highest BCUT2D eigenvalue weighted by molar-refractivity contribution is 8.01. The Bertz CT molecular complexity index is 811. The number of carbonyl (C=O) groups excluding carboxylic acids is 2. The van der Waals surface area contributed by atoms with E-state index in [2.05, 4.69) is 20.5 Å². The highest BCUT2D eigenvalue weighted by Crippen LogP contribution is 2.26. The van der Waals surface area contributed by atoms with Crippen LogP contribution in [0.2, 0.25) is 0 Å². The Balaban J connectivity index is 1.69. The van der Waals surface area contributed by atoms with Crippen molar-refractivity contribution >= 4 is 61.6 Å². The number of rotatable bonds is 5. The molecule has 0 saturated heterocycles. The first-order chi connectivity index (χ1) is 10.6. The van der Waals surface area contributed by atoms with Gasteiger partial charge in [-0.3, -0.25) is 14.9 Å². The minimum atomic E-state index is -0.430. The van der Waals surface area contributed by atoms with E-state index in [0.717, 1.165) is 10.2 Å². The van der Waals surface area contributed by atoms with Crippen molar-refractivity contribution in [1.82, 2.24) is 15.2 Å². The van der Waals surface area contributed by atoms with Crippen LogP contribution in [0, 0.1) is 0 Å². The molecule has 2 amide bonds. The smallest absolute Gasteiger partial charge is 0.286 e. The fraction of sp³-hybridized carbons (Fsp3) is 0.0833. The molecule has 3 rings (SSSR count). The summed E-state index contributed by atoms with van der Waals surface area (Å²) in [5.41, 5.74) is 5.85. The molecule has 0 aliphatic rings. The van der Waals surface area contributed by atoms with E-state index in [0.29, 0.717) is 14.5 Å². The van der Waals surface area contributed by atoms with Gasteiger partial charge in [0.25, 0.3) is 5.91 Å². The number of amides is 2. The predicted octanol–water partition coefficient (Wildman–Crippen LogP) is 1.98. The normalized spacial score (nSPS) is 10.7. The number of nitrogens with two attached hydrogens (primary N) is 1. The van der Waals surface area contributed by atoms with Crippen LogP contribution in [-0.2, 0) is 4.79 Å². The number of hydrogen-bond donors (Lipinski definition) is 2. The molecule has 22 heavy (non-hydrogen) atoms. The standard InChI is InChI=1S/C12H9N5O2S3/c13-8(18)5-20-12-17-16-11(22-12)15-9(19)10-14-6-3-1-2-4-7(6)21-10/h1-4H,5H2,(H2,13,18)(H,15,16,19). The number of fused-ring (bicyclic) bond motifs is 1. The average molecular weight is 351 g/mol. The van der Waals surface area contributed by atoms with E-state index in [-0.39, 0.29) is 11.7 Å². The monoisotopic (exact) mass is 351 g/mol. The Morgan fingerprint density at radius 3 is 2.82 bits per heavy atom. The third-order valence-corrected chi connectivity index (χ3v) is 5.48. The highest BCUT2D eigenvalue weighted by atomic mass is 32.2. The van der Waals surface area contributed by atoms with E-state index >= 15 is 0 Å². The van der Waals surface area contributed by atoms with Crippen molar-refractivity contribution in [2.24, 2.45) is 5.73 Å². The largest absolute Gasteiger partial charge is 0.369 e. The lowest BCUT2D eigenvalue weighted by Crippen LogP contribution is -2.12. The summed E-state index contributed by atoms with van der Waals surface area (Å²) in [4.78, 5) is 27.1. The number of nitrogens with one attached hydrogen (secondary N) is 1. The molecule has 3 aromatic rings. The van der Waals surface area contributed by atoms with E-state index in [1.165, 1.54) is 34.4 Å². The number of thiazole rings is 1. The van der Waals surface area contributed by atoms with Crippen LogP contribution in [0.25, 0.3) is 10.2 Å². The molecule has 0 aliphatic heterocycles. The van der Waals surface area contributed by atoms with Gasteiger partial charge in [-0.15, -0.1) is 21.5 Å². The van der Waals surface area contributed by atoms with Crippen molar-refractivity contribution < 1.29 is 9.59 Å². The summed E-state index contributed by atoms with van der Waals surface area (Å²) < 4.78 is 1.51. The van der Waals surface area contributed by atoms with Crippen LogP contribution in [0.1, 0.15) is 9.80 Å². The number of benzene rings is 1. The molecular formula is C12H9N5O2S3. The number of thioether (sulfide) groups is 1. The zero-order valence-electron chi connectivity index (χ0n) is 11.0. The number of nitrogens with zero attached hydrogens (tertiary/aromatic N) is 3. The first kappa shape index (κ1) is 14.9. The fourth-order valence-electron chi connectivity index (χ4n) is 1.57. The molecule has 0 unspecified atom stereocenters. The Morgan fingerprint density at radius 1 is 1.23 bits per heavy atom. The first-order valence-corrected chi connectivity index (χ1v) is 8.65. The lowest BCUT2D eigenvalue weighted by molar-refractivity contribution is -0.115. The van der Waals surface area contributed by atoms with Crippen molar-refractivity contribution in [2.45, 2.75) is 4.34 Å². The summed E-state index contributed by atoms with van der Waals surface area (Å²) in [5.74, 6) is -0.635. The second kappa shape index (κ2) is 6.38. The van der Waals surface area contributed by atoms with Gasteiger partial charge in [0, 0.05) is 0 Å². The van der Waals surface area contributed by atoms with E-state index in [9.17, 15) is 9.59 Å². The van der Waals surface area contributed by atoms with Crippen LogP contribution in [0.15, 0.2) is 28.6 Å². The second-order valence-electron chi connectivity index (χ2n) is 4.07. The zero-order chi connectivity index (χ0) is 15.5. The van der Waals surface area contributed by atoms with Crippen LogP contribution in [0.3, 0.4) is 0 Å². The Hall–Kier alpha value is -2.04. The summed E-state index contributed by atoms with van der Waals surface area (Å²) >= 11 is 3.68. The minimum Gasteiger partial charge on any atom is -0.369 e. The molecule has 0 spiro atoms. The van der Waals surface area contributed by atoms with Gasteiger partial charge in [-0.25, -0.2) is 4.98 Å². The minimum absolute atomic E-state index is 0.125. The third-order valence-electron chi connectivity index (χ3n) is 2.45. The van der Waals surface area contributed by atoms with Gasteiger partial charge in [0.1, 0.15) is 0 Å². The maximum Gasteiger partial charge on any atom is 0.286 e. The highest BCUT2D eigenvalue weighted by Gasteiger charge is 2.15. The van der Waals surface area contributed by atoms with Gasteiger partial charge < -0.3 is 5.73 Å². The van der Waals surface area contributed by atoms with E-state index in [1.807, 2.05) is 24.3 Å². The van der Waals surface area contributed by atoms with Gasteiger partial charge in [-0.05, 0) is 12.1 Å². The molecule has 2 heterocycles. The number of hydrogen-bond acceptors (Lipinski definition) is 8. The first-order valence-electron chi connectivity index (χ1n) is 6.03. The molecule has 0 saturated carbocycles. The molecule has 2 aromatic heterocycles. The Morgan fingerprint density at radius 2 is 2.05 bits per heavy atom. The maximum absolute atomic E-state index is 12.2. The van der Waals surface area contributed by atoms with Crippen molar-refractivity contribution in [1.29, 1.82) is 0 Å². The predicted molar refractivity (Wildman–Crippen MR) is 87.4 cm³/mol. The molecule has 0 atom stereocenters. The summed E-state index contributed by atoms with van der Waals surface area (Å²) in [5, 5.41) is 11.1. The lowest BCUT2D eigenvalue weighted by atomic mass is 10.3. The molecule has 7 nitrogen and oxygen atoms in total. The van der Waals surface area contributed by atoms with E-state index in [1.54, 1.807) is 0 Å². The van der Waals surface area contributed by atoms with E-state index in [4.69, 9.17) is 5.73 Å². The molecule has 0 aliphatic carbocycles. The molecular weight excluding hydrogens is 342 g/mol. The van der Waals surface area contributed by atoms with Crippen LogP contribution < -0.4 is 11.1 Å². The van der Waals surface area contributed by atoms with Gasteiger partial charge in [0.2, 0.25) is 11.0 Å². The Kier molecular flexibility index (Phi) is 4.32. The molecule has 10 heteroatoms. The summed E-state index contributed by atoms with van der Waals surface area (Å²) in [6.45, 7) is 0. The Labute approximate surface area is 137 Å². The molecule has 3 N–H and O–H groups in total. The molecule has 112 valence electrons. The number of aromatic nitrogens is 3. The second-order valence-corrected chi connectivity index (χ2v) is 7.30. The van der Waals surface area contributed by atoms with Crippen LogP contribution in [-0.4, -0.2) is 32.7 Å². The fourth-order valence-corrected chi connectivity index (χ4v) is 3.92. The number of para-hydroxylation sites is 1. The third kappa shape index (κ3) is 3.40. The van der Waals surface area contributed by atoms with E-state index < -0.39 is 5.91 Å². The van der Waals surface area contributed by atoms with Crippen LogP contribution in [0.5, 0.6) is 0 Å². The summed E-state index contributed by atoms with van der Waals surface area (Å²) in [7, 11) is 0. The van der Waals surface area contributed by atoms with Crippen LogP contribution in [0.4, 0.5) is 5.13 Å². The molecule has 0 bridgehead atoms. The SMILES string of the molecule is NC(=O)CSc1nnc(NC(=O)c2nc3ccccc3s2)s1. The lowest BCUT2D eigenvalue weighted by Gasteiger charge is -1.95. The zero-order valence-corrected chi connectivity index (χ0v) is 13.4. The molecule has 1 aromatic carbocycles. The topological polar surface area (TPSA) is 111 Å². The summed E-state index contributed by atoms with van der Waals surface area (Å²) in [6, 6.07) is 7.53. The van der Waals surface area contributed by atoms with Crippen molar-refractivity contribution in [3.8, 4) is 0 Å². The van der Waals surface area contributed by atoms with Gasteiger partial charge in [-0.1, -0.05) is 35.2 Å². The molecule has 0 fully saturated rings. The van der Waals surface area contributed by atoms with Gasteiger partial charge in [0.05, 0.1) is 16.0 Å². The quantitative estimate of drug-likeness (QED) is 0.537. The van der Waals surface area contributed by atoms with Gasteiger partial charge >= 0.3 is 0 Å². The summed E-state index contributed by atoms with van der Waals surface area (Å²) in [6.07, 6.45) is 0. The molecule has 0 radical (unpaired) electrons. The average Bonchev–Trinajstić information content (AvgIpc) is 3.11. The number of primary amides is 1. The van der Waals surface area contributed by atoms with Gasteiger partial charge in [-0.2, -0.15) is 0 Å². The maximum atomic E-state index is 12.2. The number of carbonyl (C=O) groups is 2. The van der Waals surface area contributed by atoms with Crippen molar-refractivity contribution in [2.75, 3.05) is 11.1 Å².